The summed E-state index contributed by atoms with van der Waals surface area (Å²) in [5, 5.41) is 14.1. The SMILES string of the molecule is CCCC(CCCCC1Cn2c(=O)ccc3ccc(=O)n1c32)NCc1cc(C#N)c2c(c1)OCCO2. The number of rotatable bonds is 10. The fourth-order valence-electron chi connectivity index (χ4n) is 5.50. The van der Waals surface area contributed by atoms with E-state index in [1.54, 1.807) is 28.8 Å². The van der Waals surface area contributed by atoms with Crippen molar-refractivity contribution in [2.24, 2.45) is 0 Å². The first-order chi connectivity index (χ1) is 17.6. The molecule has 0 saturated heterocycles. The van der Waals surface area contributed by atoms with Crippen LogP contribution in [0.1, 0.15) is 62.6 Å². The molecule has 0 radical (unpaired) electrons. The Morgan fingerprint density at radius 3 is 2.69 bits per heavy atom. The largest absolute Gasteiger partial charge is 0.486 e. The molecular formula is C28H32N4O4. The molecule has 2 atom stereocenters. The molecule has 1 aromatic carbocycles. The Balaban J connectivity index is 1.18. The number of aromatic nitrogens is 2. The van der Waals surface area contributed by atoms with Gasteiger partial charge in [0, 0.05) is 36.7 Å². The number of fused-ring (bicyclic) bond motifs is 1. The summed E-state index contributed by atoms with van der Waals surface area (Å²) in [6.45, 7) is 4.37. The zero-order valence-electron chi connectivity index (χ0n) is 20.7. The summed E-state index contributed by atoms with van der Waals surface area (Å²) >= 11 is 0. The normalized spacial score (nSPS) is 16.7. The molecular weight excluding hydrogens is 456 g/mol. The van der Waals surface area contributed by atoms with Crippen LogP contribution in [0.4, 0.5) is 0 Å². The van der Waals surface area contributed by atoms with Crippen LogP contribution in [0, 0.1) is 11.3 Å². The van der Waals surface area contributed by atoms with Crippen LogP contribution >= 0.6 is 0 Å². The second-order valence-electron chi connectivity index (χ2n) is 9.69. The molecule has 2 aromatic heterocycles. The quantitative estimate of drug-likeness (QED) is 0.435. The van der Waals surface area contributed by atoms with Gasteiger partial charge in [0.05, 0.1) is 11.6 Å². The lowest BCUT2D eigenvalue weighted by Gasteiger charge is -2.22. The van der Waals surface area contributed by atoms with Gasteiger partial charge in [0.15, 0.2) is 11.5 Å². The maximum Gasteiger partial charge on any atom is 0.252 e. The number of hydrogen-bond acceptors (Lipinski definition) is 6. The third kappa shape index (κ3) is 4.76. The lowest BCUT2D eigenvalue weighted by molar-refractivity contribution is 0.171. The number of nitriles is 1. The molecule has 8 nitrogen and oxygen atoms in total. The Labute approximate surface area is 210 Å². The summed E-state index contributed by atoms with van der Waals surface area (Å²) in [6.07, 6.45) is 6.07. The van der Waals surface area contributed by atoms with Gasteiger partial charge < -0.3 is 14.8 Å². The smallest absolute Gasteiger partial charge is 0.252 e. The minimum absolute atomic E-state index is 0.0241. The van der Waals surface area contributed by atoms with E-state index >= 15 is 0 Å². The third-order valence-electron chi connectivity index (χ3n) is 7.21. The molecule has 0 fully saturated rings. The minimum Gasteiger partial charge on any atom is -0.486 e. The molecule has 2 unspecified atom stereocenters. The molecule has 8 heteroatoms. The van der Waals surface area contributed by atoms with Crippen molar-refractivity contribution in [1.29, 1.82) is 5.26 Å². The van der Waals surface area contributed by atoms with Crippen LogP contribution in [0.15, 0.2) is 46.0 Å². The van der Waals surface area contributed by atoms with Gasteiger partial charge in [-0.15, -0.1) is 0 Å². The number of benzene rings is 1. The number of ether oxygens (including phenoxy) is 2. The number of pyridine rings is 2. The van der Waals surface area contributed by atoms with Crippen molar-refractivity contribution >= 4 is 11.0 Å². The standard InChI is InChI=1S/C28H32N4O4/c1-2-5-22(30-17-19-14-21(16-29)27-24(15-19)35-12-13-36-27)6-3-4-7-23-18-31-25(33)10-8-20-9-11-26(34)32(23)28(20)31/h8-11,14-15,22-23,30H,2-7,12-13,17-18H2,1H3. The predicted octanol–water partition coefficient (Wildman–Crippen LogP) is 3.88. The monoisotopic (exact) mass is 488 g/mol. The van der Waals surface area contributed by atoms with E-state index in [1.807, 2.05) is 16.7 Å². The average molecular weight is 489 g/mol. The van der Waals surface area contributed by atoms with Crippen LogP contribution in [-0.4, -0.2) is 28.4 Å². The van der Waals surface area contributed by atoms with Crippen molar-refractivity contribution in [2.75, 3.05) is 13.2 Å². The highest BCUT2D eigenvalue weighted by Gasteiger charge is 2.25. The first kappa shape index (κ1) is 24.1. The molecule has 0 bridgehead atoms. The van der Waals surface area contributed by atoms with Crippen molar-refractivity contribution in [3.63, 3.8) is 0 Å². The van der Waals surface area contributed by atoms with E-state index < -0.39 is 0 Å². The Hall–Kier alpha value is -3.57. The highest BCUT2D eigenvalue weighted by Crippen LogP contribution is 2.35. The Kier molecular flexibility index (Phi) is 7.10. The summed E-state index contributed by atoms with van der Waals surface area (Å²) in [5.41, 5.74) is 2.19. The van der Waals surface area contributed by atoms with Crippen LogP contribution in [0.3, 0.4) is 0 Å². The Morgan fingerprint density at radius 1 is 1.08 bits per heavy atom. The van der Waals surface area contributed by atoms with E-state index in [-0.39, 0.29) is 17.2 Å². The molecule has 1 N–H and O–H groups in total. The summed E-state index contributed by atoms with van der Waals surface area (Å²) in [6, 6.07) is 13.2. The maximum absolute atomic E-state index is 12.6. The van der Waals surface area contributed by atoms with E-state index in [2.05, 4.69) is 18.3 Å². The number of unbranched alkanes of at least 4 members (excludes halogenated alkanes) is 1. The number of hydrogen-bond donors (Lipinski definition) is 1. The van der Waals surface area contributed by atoms with Gasteiger partial charge in [0.2, 0.25) is 0 Å². The second-order valence-corrected chi connectivity index (χ2v) is 9.69. The fourth-order valence-corrected chi connectivity index (χ4v) is 5.50. The molecule has 2 aliphatic heterocycles. The van der Waals surface area contributed by atoms with Crippen molar-refractivity contribution in [2.45, 2.75) is 70.6 Å². The van der Waals surface area contributed by atoms with Crippen molar-refractivity contribution < 1.29 is 9.47 Å². The zero-order valence-corrected chi connectivity index (χ0v) is 20.7. The van der Waals surface area contributed by atoms with Gasteiger partial charge in [-0.05, 0) is 49.1 Å². The van der Waals surface area contributed by atoms with Crippen LogP contribution in [0.2, 0.25) is 0 Å². The van der Waals surface area contributed by atoms with Gasteiger partial charge >= 0.3 is 0 Å². The molecule has 0 aliphatic carbocycles. The zero-order chi connectivity index (χ0) is 25.1. The number of nitrogens with zero attached hydrogens (tertiary/aromatic N) is 3. The highest BCUT2D eigenvalue weighted by molar-refractivity contribution is 5.76. The molecule has 0 amide bonds. The van der Waals surface area contributed by atoms with Crippen molar-refractivity contribution in [3.05, 3.63) is 68.2 Å². The molecule has 0 spiro atoms. The third-order valence-corrected chi connectivity index (χ3v) is 7.21. The van der Waals surface area contributed by atoms with Crippen LogP contribution < -0.4 is 25.9 Å². The van der Waals surface area contributed by atoms with Crippen molar-refractivity contribution in [1.82, 2.24) is 14.5 Å². The van der Waals surface area contributed by atoms with E-state index in [9.17, 15) is 14.9 Å². The molecule has 5 rings (SSSR count). The minimum atomic E-state index is -0.0461. The molecule has 188 valence electrons. The van der Waals surface area contributed by atoms with Gasteiger partial charge in [0.25, 0.3) is 11.1 Å². The van der Waals surface area contributed by atoms with Crippen LogP contribution in [0.5, 0.6) is 11.5 Å². The van der Waals surface area contributed by atoms with E-state index in [4.69, 9.17) is 9.47 Å². The Bertz CT molecular complexity index is 1410. The predicted molar refractivity (Wildman–Crippen MR) is 138 cm³/mol. The van der Waals surface area contributed by atoms with Gasteiger partial charge in [-0.3, -0.25) is 18.7 Å². The van der Waals surface area contributed by atoms with Gasteiger partial charge in [-0.1, -0.05) is 26.2 Å². The van der Waals surface area contributed by atoms with Crippen LogP contribution in [-0.2, 0) is 13.1 Å². The molecule has 4 heterocycles. The summed E-state index contributed by atoms with van der Waals surface area (Å²) < 4.78 is 14.9. The van der Waals surface area contributed by atoms with Gasteiger partial charge in [-0.25, -0.2) is 0 Å². The fraction of sp³-hybridized carbons (Fsp3) is 0.464. The molecule has 0 saturated carbocycles. The summed E-state index contributed by atoms with van der Waals surface area (Å²) in [5.74, 6) is 1.19. The highest BCUT2D eigenvalue weighted by atomic mass is 16.6. The van der Waals surface area contributed by atoms with Gasteiger partial charge in [-0.2, -0.15) is 5.26 Å². The summed E-state index contributed by atoms with van der Waals surface area (Å²) in [7, 11) is 0. The molecule has 3 aromatic rings. The first-order valence-electron chi connectivity index (χ1n) is 12.9. The Morgan fingerprint density at radius 2 is 1.89 bits per heavy atom. The van der Waals surface area contributed by atoms with Crippen LogP contribution in [0.25, 0.3) is 11.0 Å². The van der Waals surface area contributed by atoms with E-state index in [0.29, 0.717) is 49.4 Å². The van der Waals surface area contributed by atoms with E-state index in [1.165, 1.54) is 0 Å². The molecule has 36 heavy (non-hydrogen) atoms. The lowest BCUT2D eigenvalue weighted by atomic mass is 10.0. The number of nitrogens with one attached hydrogen (secondary N) is 1. The first-order valence-corrected chi connectivity index (χ1v) is 12.9. The second kappa shape index (κ2) is 10.6. The van der Waals surface area contributed by atoms with Crippen molar-refractivity contribution in [3.8, 4) is 17.6 Å². The topological polar surface area (TPSA) is 98.3 Å². The van der Waals surface area contributed by atoms with E-state index in [0.717, 1.165) is 55.1 Å². The average Bonchev–Trinajstić information content (AvgIpc) is 3.29. The summed E-state index contributed by atoms with van der Waals surface area (Å²) in [4.78, 5) is 25.0. The lowest BCUT2D eigenvalue weighted by Crippen LogP contribution is -2.28. The maximum atomic E-state index is 12.6. The van der Waals surface area contributed by atoms with Gasteiger partial charge in [0.1, 0.15) is 24.9 Å². The molecule has 2 aliphatic rings.